The summed E-state index contributed by atoms with van der Waals surface area (Å²) in [7, 11) is 0. The van der Waals surface area contributed by atoms with Crippen LogP contribution in [0.1, 0.15) is 32.6 Å². The van der Waals surface area contributed by atoms with Crippen LogP contribution in [0.3, 0.4) is 0 Å². The molecule has 0 unspecified atom stereocenters. The molecule has 2 aliphatic rings. The van der Waals surface area contributed by atoms with Gasteiger partial charge in [0, 0.05) is 32.2 Å². The van der Waals surface area contributed by atoms with Crippen LogP contribution in [0.5, 0.6) is 0 Å². The summed E-state index contributed by atoms with van der Waals surface area (Å²) in [6, 6.07) is 7.24. The lowest BCUT2D eigenvalue weighted by atomic mass is 9.86. The second-order valence-corrected chi connectivity index (χ2v) is 7.15. The zero-order chi connectivity index (χ0) is 16.9. The first-order chi connectivity index (χ1) is 11.6. The molecule has 0 bridgehead atoms. The lowest BCUT2D eigenvalue weighted by Gasteiger charge is -2.36. The number of anilines is 1. The average molecular weight is 333 g/mol. The molecule has 0 spiro atoms. The largest absolute Gasteiger partial charge is 0.367 e. The minimum absolute atomic E-state index is 0.132. The Labute approximate surface area is 144 Å². The van der Waals surface area contributed by atoms with Crippen molar-refractivity contribution in [3.8, 4) is 0 Å². The molecule has 1 heterocycles. The third kappa shape index (κ3) is 4.26. The molecule has 2 atom stereocenters. The molecule has 5 heteroatoms. The summed E-state index contributed by atoms with van der Waals surface area (Å²) < 4.78 is 13.9. The first-order valence-electron chi connectivity index (χ1n) is 9.14. The van der Waals surface area contributed by atoms with Gasteiger partial charge >= 0.3 is 0 Å². The van der Waals surface area contributed by atoms with E-state index in [0.717, 1.165) is 32.6 Å². The third-order valence-electron chi connectivity index (χ3n) is 5.39. The van der Waals surface area contributed by atoms with Crippen LogP contribution in [-0.2, 0) is 4.79 Å². The van der Waals surface area contributed by atoms with Gasteiger partial charge in [0.15, 0.2) is 0 Å². The number of nitrogens with zero attached hydrogens (tertiary/aromatic N) is 2. The van der Waals surface area contributed by atoms with Gasteiger partial charge in [0.05, 0.1) is 12.2 Å². The zero-order valence-electron chi connectivity index (χ0n) is 14.5. The van der Waals surface area contributed by atoms with Gasteiger partial charge in [0.25, 0.3) is 0 Å². The number of hydrogen-bond acceptors (Lipinski definition) is 3. The standard InChI is InChI=1S/C19H28FN3O/c1-15-6-2-4-8-17(15)21-19(24)14-22-10-12-23(13-11-22)18-9-5-3-7-16(18)20/h3,5,7,9,15,17H,2,4,6,8,10-14H2,1H3,(H,21,24)/t15-,17+/m0/s1. The maximum absolute atomic E-state index is 13.9. The highest BCUT2D eigenvalue weighted by Gasteiger charge is 2.25. The third-order valence-corrected chi connectivity index (χ3v) is 5.39. The Morgan fingerprint density at radius 2 is 1.88 bits per heavy atom. The van der Waals surface area contributed by atoms with E-state index in [1.54, 1.807) is 6.07 Å². The van der Waals surface area contributed by atoms with Crippen LogP contribution in [0.4, 0.5) is 10.1 Å². The van der Waals surface area contributed by atoms with E-state index in [4.69, 9.17) is 0 Å². The van der Waals surface area contributed by atoms with E-state index in [1.807, 2.05) is 12.1 Å². The molecule has 3 rings (SSSR count). The molecule has 1 N–H and O–H groups in total. The Morgan fingerprint density at radius 1 is 1.17 bits per heavy atom. The number of para-hydroxylation sites is 1. The average Bonchev–Trinajstić information content (AvgIpc) is 2.58. The number of hydrogen-bond donors (Lipinski definition) is 1. The molecule has 24 heavy (non-hydrogen) atoms. The van der Waals surface area contributed by atoms with Crippen molar-refractivity contribution >= 4 is 11.6 Å². The fourth-order valence-corrected chi connectivity index (χ4v) is 3.84. The molecule has 1 aromatic carbocycles. The van der Waals surface area contributed by atoms with Crippen molar-refractivity contribution in [2.75, 3.05) is 37.6 Å². The van der Waals surface area contributed by atoms with Crippen molar-refractivity contribution in [1.29, 1.82) is 0 Å². The monoisotopic (exact) mass is 333 g/mol. The Morgan fingerprint density at radius 3 is 2.58 bits per heavy atom. The van der Waals surface area contributed by atoms with Crippen LogP contribution in [-0.4, -0.2) is 49.6 Å². The normalized spacial score (nSPS) is 25.5. The van der Waals surface area contributed by atoms with Gasteiger partial charge in [0.2, 0.25) is 5.91 Å². The predicted octanol–water partition coefficient (Wildman–Crippen LogP) is 2.64. The molecule has 1 saturated carbocycles. The summed E-state index contributed by atoms with van der Waals surface area (Å²) >= 11 is 0. The van der Waals surface area contributed by atoms with Crippen LogP contribution in [0.15, 0.2) is 24.3 Å². The van der Waals surface area contributed by atoms with Crippen LogP contribution < -0.4 is 10.2 Å². The van der Waals surface area contributed by atoms with E-state index in [9.17, 15) is 9.18 Å². The summed E-state index contributed by atoms with van der Waals surface area (Å²) in [4.78, 5) is 16.5. The molecule has 0 radical (unpaired) electrons. The van der Waals surface area contributed by atoms with Crippen molar-refractivity contribution in [2.24, 2.45) is 5.92 Å². The fourth-order valence-electron chi connectivity index (χ4n) is 3.84. The van der Waals surface area contributed by atoms with Crippen LogP contribution >= 0.6 is 0 Å². The first kappa shape index (κ1) is 17.2. The number of benzene rings is 1. The quantitative estimate of drug-likeness (QED) is 0.920. The molecule has 0 aromatic heterocycles. The summed E-state index contributed by atoms with van der Waals surface area (Å²) in [6.45, 7) is 5.79. The number of rotatable bonds is 4. The fraction of sp³-hybridized carbons (Fsp3) is 0.632. The first-order valence-corrected chi connectivity index (χ1v) is 9.14. The Bertz CT molecular complexity index is 557. The molecular weight excluding hydrogens is 305 g/mol. The van der Waals surface area contributed by atoms with Gasteiger partial charge in [-0.25, -0.2) is 4.39 Å². The maximum Gasteiger partial charge on any atom is 0.234 e. The van der Waals surface area contributed by atoms with Crippen molar-refractivity contribution in [2.45, 2.75) is 38.6 Å². The van der Waals surface area contributed by atoms with E-state index < -0.39 is 0 Å². The summed E-state index contributed by atoms with van der Waals surface area (Å²) in [6.07, 6.45) is 4.82. The van der Waals surface area contributed by atoms with Crippen molar-refractivity contribution in [3.63, 3.8) is 0 Å². The van der Waals surface area contributed by atoms with Crippen molar-refractivity contribution in [3.05, 3.63) is 30.1 Å². The summed E-state index contributed by atoms with van der Waals surface area (Å²) in [5, 5.41) is 3.21. The second kappa shape index (κ2) is 7.97. The molecular formula is C19H28FN3O. The lowest BCUT2D eigenvalue weighted by molar-refractivity contribution is -0.123. The van der Waals surface area contributed by atoms with E-state index in [-0.39, 0.29) is 11.7 Å². The van der Waals surface area contributed by atoms with Crippen molar-refractivity contribution in [1.82, 2.24) is 10.2 Å². The highest BCUT2D eigenvalue weighted by molar-refractivity contribution is 5.78. The van der Waals surface area contributed by atoms with Crippen molar-refractivity contribution < 1.29 is 9.18 Å². The SMILES string of the molecule is C[C@H]1CCCC[C@H]1NC(=O)CN1CCN(c2ccccc2F)CC1. The molecule has 4 nitrogen and oxygen atoms in total. The molecule has 1 saturated heterocycles. The minimum Gasteiger partial charge on any atom is -0.367 e. The van der Waals surface area contributed by atoms with Gasteiger partial charge in [-0.15, -0.1) is 0 Å². The lowest BCUT2D eigenvalue weighted by Crippen LogP contribution is -2.51. The molecule has 1 amide bonds. The van der Waals surface area contributed by atoms with Crippen LogP contribution in [0, 0.1) is 11.7 Å². The molecule has 1 aliphatic heterocycles. The number of nitrogens with one attached hydrogen (secondary N) is 1. The Kier molecular flexibility index (Phi) is 5.72. The van der Waals surface area contributed by atoms with Gasteiger partial charge < -0.3 is 10.2 Å². The molecule has 1 aliphatic carbocycles. The molecule has 132 valence electrons. The Balaban J connectivity index is 1.45. The summed E-state index contributed by atoms with van der Waals surface area (Å²) in [5.74, 6) is 0.545. The van der Waals surface area contributed by atoms with Gasteiger partial charge in [-0.3, -0.25) is 9.69 Å². The topological polar surface area (TPSA) is 35.6 Å². The van der Waals surface area contributed by atoms with Gasteiger partial charge in [-0.1, -0.05) is 31.9 Å². The number of amides is 1. The van der Waals surface area contributed by atoms with Gasteiger partial charge in [-0.2, -0.15) is 0 Å². The van der Waals surface area contributed by atoms with Crippen LogP contribution in [0.2, 0.25) is 0 Å². The molecule has 2 fully saturated rings. The number of piperazine rings is 1. The zero-order valence-corrected chi connectivity index (χ0v) is 14.5. The van der Waals surface area contributed by atoms with E-state index in [0.29, 0.717) is 24.2 Å². The highest BCUT2D eigenvalue weighted by Crippen LogP contribution is 2.24. The van der Waals surface area contributed by atoms with Crippen LogP contribution in [0.25, 0.3) is 0 Å². The van der Waals surface area contributed by atoms with Gasteiger partial charge in [-0.05, 0) is 30.9 Å². The number of carbonyl (C=O) groups is 1. The van der Waals surface area contributed by atoms with E-state index >= 15 is 0 Å². The minimum atomic E-state index is -0.171. The highest BCUT2D eigenvalue weighted by atomic mass is 19.1. The second-order valence-electron chi connectivity index (χ2n) is 7.15. The van der Waals surface area contributed by atoms with E-state index in [1.165, 1.54) is 25.3 Å². The summed E-state index contributed by atoms with van der Waals surface area (Å²) in [5.41, 5.74) is 0.664. The maximum atomic E-state index is 13.9. The smallest absolute Gasteiger partial charge is 0.234 e. The van der Waals surface area contributed by atoms with Gasteiger partial charge in [0.1, 0.15) is 5.82 Å². The van der Waals surface area contributed by atoms with E-state index in [2.05, 4.69) is 22.0 Å². The predicted molar refractivity (Wildman–Crippen MR) is 94.6 cm³/mol. The molecule has 1 aromatic rings. The number of carbonyl (C=O) groups excluding carboxylic acids is 1. The number of halogens is 1. The Hall–Kier alpha value is -1.62.